The van der Waals surface area contributed by atoms with Crippen LogP contribution in [0.25, 0.3) is 10.9 Å². The third-order valence-electron chi connectivity index (χ3n) is 3.27. The average Bonchev–Trinajstić information content (AvgIpc) is 2.95. The van der Waals surface area contributed by atoms with Crippen molar-refractivity contribution in [2.24, 2.45) is 0 Å². The molecule has 0 aliphatic heterocycles. The number of thiophene rings is 1. The van der Waals surface area contributed by atoms with E-state index in [0.29, 0.717) is 0 Å². The van der Waals surface area contributed by atoms with Crippen molar-refractivity contribution in [1.82, 2.24) is 4.98 Å². The maximum absolute atomic E-state index is 10.4. The Hall–Kier alpha value is -1.91. The third kappa shape index (κ3) is 2.40. The number of fused-ring (bicyclic) bond motifs is 1. The van der Waals surface area contributed by atoms with Crippen molar-refractivity contribution < 1.29 is 9.84 Å². The van der Waals surface area contributed by atoms with Crippen molar-refractivity contribution in [2.45, 2.75) is 13.0 Å². The molecule has 0 saturated heterocycles. The number of rotatable bonds is 3. The predicted octanol–water partition coefficient (Wildman–Crippen LogP) is 3.70. The molecule has 1 unspecified atom stereocenters. The number of ether oxygens (including phenoxy) is 1. The first-order chi connectivity index (χ1) is 9.67. The van der Waals surface area contributed by atoms with Crippen LogP contribution in [-0.4, -0.2) is 17.2 Å². The lowest BCUT2D eigenvalue weighted by Gasteiger charge is -2.10. The van der Waals surface area contributed by atoms with Gasteiger partial charge in [0.05, 0.1) is 12.6 Å². The van der Waals surface area contributed by atoms with Gasteiger partial charge in [0.15, 0.2) is 0 Å². The molecule has 2 heterocycles. The molecule has 0 saturated carbocycles. The van der Waals surface area contributed by atoms with E-state index in [-0.39, 0.29) is 0 Å². The summed E-state index contributed by atoms with van der Waals surface area (Å²) in [7, 11) is 1.63. The molecule has 102 valence electrons. The summed E-state index contributed by atoms with van der Waals surface area (Å²) >= 11 is 1.49. The lowest BCUT2D eigenvalue weighted by Crippen LogP contribution is -1.97. The van der Waals surface area contributed by atoms with Gasteiger partial charge in [-0.05, 0) is 36.8 Å². The molecule has 0 aliphatic rings. The van der Waals surface area contributed by atoms with E-state index in [9.17, 15) is 5.11 Å². The van der Waals surface area contributed by atoms with Crippen LogP contribution in [0.3, 0.4) is 0 Å². The number of aliphatic hydroxyl groups excluding tert-OH is 1. The second-order valence-corrected chi connectivity index (χ2v) is 5.64. The smallest absolute Gasteiger partial charge is 0.129 e. The Morgan fingerprint density at radius 1 is 1.20 bits per heavy atom. The summed E-state index contributed by atoms with van der Waals surface area (Å²) in [5.41, 5.74) is 2.81. The number of pyridine rings is 1. The zero-order chi connectivity index (χ0) is 14.1. The normalized spacial score (nSPS) is 12.6. The summed E-state index contributed by atoms with van der Waals surface area (Å²) in [6.45, 7) is 1.97. The van der Waals surface area contributed by atoms with Gasteiger partial charge in [-0.1, -0.05) is 12.1 Å². The van der Waals surface area contributed by atoms with Crippen LogP contribution in [-0.2, 0) is 0 Å². The molecule has 0 radical (unpaired) electrons. The van der Waals surface area contributed by atoms with Gasteiger partial charge in [0.2, 0.25) is 0 Å². The Balaban J connectivity index is 1.98. The van der Waals surface area contributed by atoms with Gasteiger partial charge in [0.25, 0.3) is 0 Å². The van der Waals surface area contributed by atoms with E-state index in [0.717, 1.165) is 32.8 Å². The van der Waals surface area contributed by atoms with E-state index < -0.39 is 6.10 Å². The monoisotopic (exact) mass is 285 g/mol. The molecule has 3 rings (SSSR count). The highest BCUT2D eigenvalue weighted by molar-refractivity contribution is 7.10. The number of methoxy groups -OCH3 is 1. The first kappa shape index (κ1) is 13.1. The number of aliphatic hydroxyl groups is 1. The second-order valence-electron chi connectivity index (χ2n) is 4.70. The van der Waals surface area contributed by atoms with Gasteiger partial charge in [-0.15, -0.1) is 11.3 Å². The minimum atomic E-state index is -0.630. The van der Waals surface area contributed by atoms with Gasteiger partial charge in [-0.3, -0.25) is 4.98 Å². The van der Waals surface area contributed by atoms with E-state index in [1.165, 1.54) is 11.3 Å². The van der Waals surface area contributed by atoms with Gasteiger partial charge in [0.1, 0.15) is 11.9 Å². The van der Waals surface area contributed by atoms with Crippen molar-refractivity contribution in [1.29, 1.82) is 0 Å². The Bertz CT molecular complexity index is 751. The fourth-order valence-electron chi connectivity index (χ4n) is 2.17. The fourth-order valence-corrected chi connectivity index (χ4v) is 3.03. The van der Waals surface area contributed by atoms with Crippen molar-refractivity contribution in [3.63, 3.8) is 0 Å². The highest BCUT2D eigenvalue weighted by Gasteiger charge is 2.14. The van der Waals surface area contributed by atoms with Crippen LogP contribution in [0, 0.1) is 6.92 Å². The molecular formula is C16H15NO2S. The predicted molar refractivity (Wildman–Crippen MR) is 81.4 cm³/mol. The van der Waals surface area contributed by atoms with E-state index in [2.05, 4.69) is 4.98 Å². The molecule has 1 atom stereocenters. The summed E-state index contributed by atoms with van der Waals surface area (Å²) in [6, 6.07) is 11.7. The molecular weight excluding hydrogens is 270 g/mol. The molecule has 1 aromatic carbocycles. The van der Waals surface area contributed by atoms with Gasteiger partial charge in [0, 0.05) is 21.3 Å². The average molecular weight is 285 g/mol. The largest absolute Gasteiger partial charge is 0.496 e. The lowest BCUT2D eigenvalue weighted by atomic mass is 10.0. The molecule has 3 nitrogen and oxygen atoms in total. The SMILES string of the molecule is COc1csc(C(O)c2ccc3nc(C)ccc3c2)c1. The zero-order valence-corrected chi connectivity index (χ0v) is 12.1. The molecule has 0 spiro atoms. The van der Waals surface area contributed by atoms with E-state index in [1.807, 2.05) is 48.7 Å². The van der Waals surface area contributed by atoms with Gasteiger partial charge in [-0.2, -0.15) is 0 Å². The summed E-state index contributed by atoms with van der Waals surface area (Å²) in [5.74, 6) is 0.780. The lowest BCUT2D eigenvalue weighted by molar-refractivity contribution is 0.224. The Kier molecular flexibility index (Phi) is 3.42. The zero-order valence-electron chi connectivity index (χ0n) is 11.3. The highest BCUT2D eigenvalue weighted by Crippen LogP contribution is 2.31. The van der Waals surface area contributed by atoms with Crippen molar-refractivity contribution in [3.8, 4) is 5.75 Å². The molecule has 0 bridgehead atoms. The third-order valence-corrected chi connectivity index (χ3v) is 4.23. The molecule has 0 aliphatic carbocycles. The topological polar surface area (TPSA) is 42.4 Å². The summed E-state index contributed by atoms with van der Waals surface area (Å²) in [6.07, 6.45) is -0.630. The first-order valence-electron chi connectivity index (χ1n) is 6.35. The molecule has 3 aromatic rings. The molecule has 1 N–H and O–H groups in total. The van der Waals surface area contributed by atoms with Crippen LogP contribution in [0.1, 0.15) is 22.2 Å². The molecule has 0 fully saturated rings. The number of hydrogen-bond acceptors (Lipinski definition) is 4. The van der Waals surface area contributed by atoms with Crippen molar-refractivity contribution in [3.05, 3.63) is 57.9 Å². The number of hydrogen-bond donors (Lipinski definition) is 1. The maximum Gasteiger partial charge on any atom is 0.129 e. The molecule has 20 heavy (non-hydrogen) atoms. The number of nitrogens with zero attached hydrogens (tertiary/aromatic N) is 1. The van der Waals surface area contributed by atoms with Crippen LogP contribution in [0.5, 0.6) is 5.75 Å². The number of benzene rings is 1. The van der Waals surface area contributed by atoms with Crippen LogP contribution in [0.15, 0.2) is 41.8 Å². The van der Waals surface area contributed by atoms with E-state index >= 15 is 0 Å². The van der Waals surface area contributed by atoms with E-state index in [1.54, 1.807) is 7.11 Å². The Labute approximate surface area is 121 Å². The summed E-state index contributed by atoms with van der Waals surface area (Å²) in [5, 5.41) is 13.4. The van der Waals surface area contributed by atoms with Crippen LogP contribution in [0.4, 0.5) is 0 Å². The summed E-state index contributed by atoms with van der Waals surface area (Å²) < 4.78 is 5.15. The Morgan fingerprint density at radius 2 is 2.05 bits per heavy atom. The highest BCUT2D eigenvalue weighted by atomic mass is 32.1. The van der Waals surface area contributed by atoms with Crippen molar-refractivity contribution in [2.75, 3.05) is 7.11 Å². The van der Waals surface area contributed by atoms with Gasteiger partial charge < -0.3 is 9.84 Å². The number of aromatic nitrogens is 1. The van der Waals surface area contributed by atoms with Crippen molar-refractivity contribution >= 4 is 22.2 Å². The summed E-state index contributed by atoms with van der Waals surface area (Å²) in [4.78, 5) is 5.34. The second kappa shape index (κ2) is 5.23. The molecule has 0 amide bonds. The van der Waals surface area contributed by atoms with Gasteiger partial charge >= 0.3 is 0 Å². The molecule has 2 aromatic heterocycles. The maximum atomic E-state index is 10.4. The van der Waals surface area contributed by atoms with Crippen LogP contribution >= 0.6 is 11.3 Å². The fraction of sp³-hybridized carbons (Fsp3) is 0.188. The van der Waals surface area contributed by atoms with E-state index in [4.69, 9.17) is 4.74 Å². The molecule has 4 heteroatoms. The van der Waals surface area contributed by atoms with Crippen LogP contribution < -0.4 is 4.74 Å². The quantitative estimate of drug-likeness (QED) is 0.798. The number of aryl methyl sites for hydroxylation is 1. The minimum Gasteiger partial charge on any atom is -0.496 e. The standard InChI is InChI=1S/C16H15NO2S/c1-10-3-4-11-7-12(5-6-14(11)17-10)16(18)15-8-13(19-2)9-20-15/h3-9,16,18H,1-2H3. The van der Waals surface area contributed by atoms with Crippen LogP contribution in [0.2, 0.25) is 0 Å². The minimum absolute atomic E-state index is 0.630. The Morgan fingerprint density at radius 3 is 2.80 bits per heavy atom. The van der Waals surface area contributed by atoms with Gasteiger partial charge in [-0.25, -0.2) is 0 Å². The first-order valence-corrected chi connectivity index (χ1v) is 7.23.